The molecule has 0 aliphatic carbocycles. The lowest BCUT2D eigenvalue weighted by Gasteiger charge is -2.34. The van der Waals surface area contributed by atoms with Gasteiger partial charge in [0.1, 0.15) is 23.4 Å². The zero-order valence-electron chi connectivity index (χ0n) is 20.8. The second-order valence-electron chi connectivity index (χ2n) is 9.12. The molecule has 33 heavy (non-hydrogen) atoms. The molecule has 0 saturated heterocycles. The van der Waals surface area contributed by atoms with Gasteiger partial charge >= 0.3 is 6.09 Å². The molecule has 1 aromatic rings. The highest BCUT2D eigenvalue weighted by Crippen LogP contribution is 2.32. The van der Waals surface area contributed by atoms with Crippen molar-refractivity contribution in [2.24, 2.45) is 0 Å². The molecule has 186 valence electrons. The van der Waals surface area contributed by atoms with Crippen LogP contribution in [0.25, 0.3) is 0 Å². The quantitative estimate of drug-likeness (QED) is 0.421. The van der Waals surface area contributed by atoms with E-state index in [2.05, 4.69) is 10.6 Å². The molecular formula is C24H39N3O6. The minimum Gasteiger partial charge on any atom is -0.507 e. The predicted molar refractivity (Wildman–Crippen MR) is 126 cm³/mol. The predicted octanol–water partition coefficient (Wildman–Crippen LogP) is 2.78. The van der Waals surface area contributed by atoms with Gasteiger partial charge in [-0.2, -0.15) is 0 Å². The maximum Gasteiger partial charge on any atom is 0.408 e. The molecule has 4 N–H and O–H groups in total. The fourth-order valence-electron chi connectivity index (χ4n) is 3.48. The van der Waals surface area contributed by atoms with Crippen LogP contribution in [0.2, 0.25) is 0 Å². The van der Waals surface area contributed by atoms with Crippen LogP contribution < -0.4 is 10.6 Å². The molecule has 0 spiro atoms. The first-order valence-electron chi connectivity index (χ1n) is 11.4. The molecule has 1 aromatic carbocycles. The molecule has 0 saturated carbocycles. The first-order chi connectivity index (χ1) is 15.4. The number of likely N-dealkylation sites (N-methyl/N-ethyl adjacent to an activating group) is 1. The Bertz CT molecular complexity index is 821. The Kier molecular flexibility index (Phi) is 10.6. The third-order valence-electron chi connectivity index (χ3n) is 5.03. The standard InChI is InChI=1S/C24H39N3O6/c1-8-11-16(4)25-21(30)19(17-13-10-12-15(3)20(17)29)27(9-2)22(31)18(14-28)26-23(32)33-24(5,6)7/h10,12-13,16,18-19,28-29H,8-9,11,14H2,1-7H3,(H,25,30)(H,26,32). The number of aryl methyl sites for hydroxylation is 1. The van der Waals surface area contributed by atoms with Crippen molar-refractivity contribution in [1.82, 2.24) is 15.5 Å². The molecule has 3 amide bonds. The Hall–Kier alpha value is -2.81. The van der Waals surface area contributed by atoms with Gasteiger partial charge in [0.2, 0.25) is 11.8 Å². The topological polar surface area (TPSA) is 128 Å². The van der Waals surface area contributed by atoms with E-state index < -0.39 is 42.2 Å². The summed E-state index contributed by atoms with van der Waals surface area (Å²) < 4.78 is 5.19. The van der Waals surface area contributed by atoms with Crippen molar-refractivity contribution in [3.8, 4) is 5.75 Å². The number of aliphatic hydroxyl groups is 1. The summed E-state index contributed by atoms with van der Waals surface area (Å²) >= 11 is 0. The molecule has 1 rings (SSSR count). The molecule has 3 atom stereocenters. The summed E-state index contributed by atoms with van der Waals surface area (Å²) in [6.45, 7) is 11.7. The van der Waals surface area contributed by atoms with Gasteiger partial charge in [0.05, 0.1) is 6.61 Å². The van der Waals surface area contributed by atoms with Gasteiger partial charge in [0.15, 0.2) is 0 Å². The van der Waals surface area contributed by atoms with Crippen LogP contribution in [-0.4, -0.2) is 63.9 Å². The lowest BCUT2D eigenvalue weighted by molar-refractivity contribution is -0.143. The number of carbonyl (C=O) groups is 3. The largest absolute Gasteiger partial charge is 0.507 e. The number of ether oxygens (including phenoxy) is 1. The molecule has 9 nitrogen and oxygen atoms in total. The number of phenols is 1. The Morgan fingerprint density at radius 2 is 1.79 bits per heavy atom. The van der Waals surface area contributed by atoms with E-state index in [9.17, 15) is 24.6 Å². The van der Waals surface area contributed by atoms with E-state index in [4.69, 9.17) is 4.74 Å². The summed E-state index contributed by atoms with van der Waals surface area (Å²) in [5.41, 5.74) is 0.0318. The lowest BCUT2D eigenvalue weighted by Crippen LogP contribution is -2.54. The van der Waals surface area contributed by atoms with Crippen molar-refractivity contribution in [1.29, 1.82) is 0 Å². The van der Waals surface area contributed by atoms with Crippen molar-refractivity contribution in [2.45, 2.75) is 85.0 Å². The molecule has 0 aliphatic heterocycles. The zero-order chi connectivity index (χ0) is 25.3. The highest BCUT2D eigenvalue weighted by atomic mass is 16.6. The van der Waals surface area contributed by atoms with Gasteiger partial charge in [-0.25, -0.2) is 4.79 Å². The average molecular weight is 466 g/mol. The Balaban J connectivity index is 3.34. The number of hydrogen-bond acceptors (Lipinski definition) is 6. The minimum absolute atomic E-state index is 0.0901. The van der Waals surface area contributed by atoms with Gasteiger partial charge in [-0.15, -0.1) is 0 Å². The Labute approximate surface area is 196 Å². The maximum absolute atomic E-state index is 13.4. The van der Waals surface area contributed by atoms with Crippen LogP contribution in [0.15, 0.2) is 18.2 Å². The minimum atomic E-state index is -1.32. The second-order valence-corrected chi connectivity index (χ2v) is 9.12. The zero-order valence-corrected chi connectivity index (χ0v) is 20.8. The molecule has 0 fully saturated rings. The fourth-order valence-corrected chi connectivity index (χ4v) is 3.48. The van der Waals surface area contributed by atoms with Gasteiger partial charge in [-0.1, -0.05) is 31.5 Å². The van der Waals surface area contributed by atoms with Gasteiger partial charge < -0.3 is 30.5 Å². The number of para-hydroxylation sites is 1. The van der Waals surface area contributed by atoms with Crippen molar-refractivity contribution in [3.63, 3.8) is 0 Å². The number of amides is 3. The summed E-state index contributed by atoms with van der Waals surface area (Å²) in [7, 11) is 0. The van der Waals surface area contributed by atoms with Crippen LogP contribution in [0.3, 0.4) is 0 Å². The Morgan fingerprint density at radius 1 is 1.15 bits per heavy atom. The monoisotopic (exact) mass is 465 g/mol. The maximum atomic E-state index is 13.4. The number of benzene rings is 1. The van der Waals surface area contributed by atoms with Crippen molar-refractivity contribution >= 4 is 17.9 Å². The first kappa shape index (κ1) is 28.2. The number of alkyl carbamates (subject to hydrolysis) is 1. The van der Waals surface area contributed by atoms with E-state index in [1.54, 1.807) is 52.8 Å². The molecule has 0 aromatic heterocycles. The number of nitrogens with zero attached hydrogens (tertiary/aromatic N) is 1. The summed E-state index contributed by atoms with van der Waals surface area (Å²) in [4.78, 5) is 40.1. The molecular weight excluding hydrogens is 426 g/mol. The van der Waals surface area contributed by atoms with Crippen LogP contribution in [0.5, 0.6) is 5.75 Å². The number of nitrogens with one attached hydrogen (secondary N) is 2. The van der Waals surface area contributed by atoms with Crippen molar-refractivity contribution in [3.05, 3.63) is 29.3 Å². The third kappa shape index (κ3) is 8.24. The first-order valence-corrected chi connectivity index (χ1v) is 11.4. The normalized spacial score (nSPS) is 14.1. The summed E-state index contributed by atoms with van der Waals surface area (Å²) in [6.07, 6.45) is 0.754. The van der Waals surface area contributed by atoms with E-state index in [0.717, 1.165) is 12.8 Å². The van der Waals surface area contributed by atoms with Crippen molar-refractivity contribution in [2.75, 3.05) is 13.2 Å². The van der Waals surface area contributed by atoms with Gasteiger partial charge in [-0.05, 0) is 53.5 Å². The molecule has 0 bridgehead atoms. The lowest BCUT2D eigenvalue weighted by atomic mass is 9.99. The van der Waals surface area contributed by atoms with Crippen molar-refractivity contribution < 1.29 is 29.3 Å². The average Bonchev–Trinajstić information content (AvgIpc) is 2.70. The molecule has 3 unspecified atom stereocenters. The second kappa shape index (κ2) is 12.4. The van der Waals surface area contributed by atoms with Gasteiger partial charge in [0, 0.05) is 18.2 Å². The van der Waals surface area contributed by atoms with E-state index in [0.29, 0.717) is 5.56 Å². The summed E-state index contributed by atoms with van der Waals surface area (Å²) in [5.74, 6) is -1.22. The van der Waals surface area contributed by atoms with Gasteiger partial charge in [0.25, 0.3) is 0 Å². The number of carbonyl (C=O) groups excluding carboxylic acids is 3. The SMILES string of the molecule is CCCC(C)NC(=O)C(c1cccc(C)c1O)N(CC)C(=O)C(CO)NC(=O)OC(C)(C)C. The molecule has 9 heteroatoms. The van der Waals surface area contributed by atoms with Crippen LogP contribution in [0, 0.1) is 6.92 Å². The van der Waals surface area contributed by atoms with E-state index >= 15 is 0 Å². The molecule has 0 heterocycles. The fraction of sp³-hybridized carbons (Fsp3) is 0.625. The summed E-state index contributed by atoms with van der Waals surface area (Å²) in [5, 5.41) is 25.8. The Morgan fingerprint density at radius 3 is 2.30 bits per heavy atom. The number of aromatic hydroxyl groups is 1. The molecule has 0 aliphatic rings. The third-order valence-corrected chi connectivity index (χ3v) is 5.03. The number of hydrogen-bond donors (Lipinski definition) is 4. The smallest absolute Gasteiger partial charge is 0.408 e. The van der Waals surface area contributed by atoms with Crippen LogP contribution >= 0.6 is 0 Å². The van der Waals surface area contributed by atoms with Crippen LogP contribution in [0.4, 0.5) is 4.79 Å². The number of aliphatic hydroxyl groups excluding tert-OH is 1. The van der Waals surface area contributed by atoms with E-state index in [1.165, 1.54) is 4.90 Å². The molecule has 0 radical (unpaired) electrons. The van der Waals surface area contributed by atoms with Crippen LogP contribution in [0.1, 0.15) is 71.6 Å². The number of rotatable bonds is 10. The van der Waals surface area contributed by atoms with Gasteiger partial charge in [-0.3, -0.25) is 9.59 Å². The van der Waals surface area contributed by atoms with Crippen LogP contribution in [-0.2, 0) is 14.3 Å². The number of phenolic OH excluding ortho intramolecular Hbond substituents is 1. The van der Waals surface area contributed by atoms with E-state index in [-0.39, 0.29) is 23.9 Å². The highest BCUT2D eigenvalue weighted by Gasteiger charge is 2.37. The summed E-state index contributed by atoms with van der Waals surface area (Å²) in [6, 6.07) is 2.36. The highest BCUT2D eigenvalue weighted by molar-refractivity contribution is 5.92. The van der Waals surface area contributed by atoms with E-state index in [1.807, 2.05) is 13.8 Å².